The van der Waals surface area contributed by atoms with Crippen molar-refractivity contribution in [3.63, 3.8) is 0 Å². The first kappa shape index (κ1) is 10.7. The minimum absolute atomic E-state index is 0.683. The first-order valence-electron chi connectivity index (χ1n) is 6.05. The van der Waals surface area contributed by atoms with Gasteiger partial charge in [0, 0.05) is 15.4 Å². The number of fused-ring (bicyclic) bond motifs is 2. The van der Waals surface area contributed by atoms with Gasteiger partial charge in [-0.05, 0) is 43.2 Å². The number of rotatable bonds is 0. The highest BCUT2D eigenvalue weighted by Gasteiger charge is 2.46. The van der Waals surface area contributed by atoms with Gasteiger partial charge in [0.05, 0.1) is 0 Å². The third-order valence-corrected chi connectivity index (χ3v) is 5.42. The second kappa shape index (κ2) is 4.41. The average Bonchev–Trinajstić information content (AvgIpc) is 2.83. The first-order valence-corrected chi connectivity index (χ1v) is 7.30. The Morgan fingerprint density at radius 2 is 1.94 bits per heavy atom. The van der Waals surface area contributed by atoms with E-state index in [0.29, 0.717) is 5.92 Å². The Balaban J connectivity index is 1.79. The van der Waals surface area contributed by atoms with E-state index >= 15 is 0 Å². The van der Waals surface area contributed by atoms with Crippen molar-refractivity contribution >= 4 is 22.6 Å². The predicted molar refractivity (Wildman–Crippen MR) is 75.4 cm³/mol. The van der Waals surface area contributed by atoms with Crippen molar-refractivity contribution in [2.24, 2.45) is 17.8 Å². The minimum atomic E-state index is 0.683. The van der Waals surface area contributed by atoms with E-state index in [9.17, 15) is 0 Å². The largest absolute Gasteiger partial charge is 0.0939 e. The van der Waals surface area contributed by atoms with Crippen LogP contribution >= 0.6 is 22.6 Å². The quantitative estimate of drug-likeness (QED) is 0.386. The molecule has 4 atom stereocenters. The number of hydrogen-bond donors (Lipinski definition) is 0. The maximum atomic E-state index is 3.54. The Kier molecular flexibility index (Phi) is 2.93. The van der Waals surface area contributed by atoms with Gasteiger partial charge in [0.1, 0.15) is 0 Å². The van der Waals surface area contributed by atoms with E-state index in [2.05, 4.69) is 58.7 Å². The van der Waals surface area contributed by atoms with E-state index in [4.69, 9.17) is 0 Å². The molecule has 2 aliphatic carbocycles. The van der Waals surface area contributed by atoms with Crippen LogP contribution in [-0.2, 0) is 0 Å². The van der Waals surface area contributed by atoms with Crippen molar-refractivity contribution in [1.82, 2.24) is 0 Å². The minimum Gasteiger partial charge on any atom is -0.0939 e. The third kappa shape index (κ3) is 1.88. The molecule has 0 nitrogen and oxygen atoms in total. The summed E-state index contributed by atoms with van der Waals surface area (Å²) in [6.45, 7) is 0. The Morgan fingerprint density at radius 3 is 2.56 bits per heavy atom. The zero-order chi connectivity index (χ0) is 11.0. The van der Waals surface area contributed by atoms with Crippen molar-refractivity contribution in [1.29, 1.82) is 0 Å². The molecule has 2 saturated carbocycles. The summed E-state index contributed by atoms with van der Waals surface area (Å²) in [6, 6.07) is 10.4. The molecule has 2 fully saturated rings. The summed E-state index contributed by atoms with van der Waals surface area (Å²) in [6.07, 6.45) is 4.23. The van der Waals surface area contributed by atoms with Crippen molar-refractivity contribution in [2.75, 3.05) is 0 Å². The van der Waals surface area contributed by atoms with Crippen LogP contribution in [0.25, 0.3) is 0 Å². The van der Waals surface area contributed by atoms with Gasteiger partial charge in [0.15, 0.2) is 0 Å². The summed E-state index contributed by atoms with van der Waals surface area (Å²) in [7, 11) is 0. The van der Waals surface area contributed by atoms with Crippen LogP contribution in [0.15, 0.2) is 30.3 Å². The number of halogens is 1. The topological polar surface area (TPSA) is 0 Å². The SMILES string of the molecule is I[C@@H]1C[C@H]2CC[C@@H]1[C@H]2C#Cc1ccccc1. The van der Waals surface area contributed by atoms with Crippen LogP contribution < -0.4 is 0 Å². The summed E-state index contributed by atoms with van der Waals surface area (Å²) < 4.78 is 0.881. The maximum absolute atomic E-state index is 3.54. The van der Waals surface area contributed by atoms with Crippen LogP contribution in [0.4, 0.5) is 0 Å². The van der Waals surface area contributed by atoms with Crippen LogP contribution in [0, 0.1) is 29.6 Å². The van der Waals surface area contributed by atoms with Crippen molar-refractivity contribution in [2.45, 2.75) is 23.2 Å². The van der Waals surface area contributed by atoms with Crippen molar-refractivity contribution in [3.05, 3.63) is 35.9 Å². The van der Waals surface area contributed by atoms with E-state index in [0.717, 1.165) is 15.8 Å². The van der Waals surface area contributed by atoms with Gasteiger partial charge >= 0.3 is 0 Å². The smallest absolute Gasteiger partial charge is 0.0273 e. The predicted octanol–water partition coefficient (Wildman–Crippen LogP) is 3.89. The monoisotopic (exact) mass is 322 g/mol. The van der Waals surface area contributed by atoms with Crippen LogP contribution in [0.3, 0.4) is 0 Å². The van der Waals surface area contributed by atoms with E-state index in [1.54, 1.807) is 0 Å². The molecule has 82 valence electrons. The summed E-state index contributed by atoms with van der Waals surface area (Å²) in [5.74, 6) is 9.34. The number of alkyl halides is 1. The van der Waals surface area contributed by atoms with E-state index in [1.807, 2.05) is 6.07 Å². The molecule has 1 aromatic rings. The van der Waals surface area contributed by atoms with Gasteiger partial charge in [-0.15, -0.1) is 0 Å². The fourth-order valence-corrected chi connectivity index (χ4v) is 4.62. The van der Waals surface area contributed by atoms with Gasteiger partial charge in [-0.2, -0.15) is 0 Å². The van der Waals surface area contributed by atoms with Gasteiger partial charge in [0.25, 0.3) is 0 Å². The molecular formula is C15H15I. The summed E-state index contributed by atoms with van der Waals surface area (Å²) in [5, 5.41) is 0. The highest BCUT2D eigenvalue weighted by Crippen LogP contribution is 2.52. The Morgan fingerprint density at radius 1 is 1.12 bits per heavy atom. The summed E-state index contributed by atoms with van der Waals surface area (Å²) in [4.78, 5) is 0. The Hall–Kier alpha value is -0.490. The molecule has 16 heavy (non-hydrogen) atoms. The van der Waals surface area contributed by atoms with E-state index in [-0.39, 0.29) is 0 Å². The second-order valence-corrected chi connectivity index (χ2v) is 6.51. The van der Waals surface area contributed by atoms with Gasteiger partial charge in [-0.25, -0.2) is 0 Å². The van der Waals surface area contributed by atoms with E-state index in [1.165, 1.54) is 24.8 Å². The standard InChI is InChI=1S/C15H15I/c16-15-10-12-7-9-14(15)13(12)8-6-11-4-2-1-3-5-11/h1-5,12-15H,7,9-10H2/t12-,13+,14-,15-/m1/s1. The molecule has 3 rings (SSSR count). The molecule has 0 saturated heterocycles. The van der Waals surface area contributed by atoms with Gasteiger partial charge < -0.3 is 0 Å². The molecule has 0 spiro atoms. The molecule has 1 heteroatoms. The molecule has 2 bridgehead atoms. The fourth-order valence-electron chi connectivity index (χ4n) is 3.16. The van der Waals surface area contributed by atoms with Crippen LogP contribution in [-0.4, -0.2) is 3.92 Å². The third-order valence-electron chi connectivity index (χ3n) is 3.99. The number of benzene rings is 1. The Labute approximate surface area is 111 Å². The average molecular weight is 322 g/mol. The van der Waals surface area contributed by atoms with Gasteiger partial charge in [-0.3, -0.25) is 0 Å². The molecule has 0 heterocycles. The lowest BCUT2D eigenvalue weighted by Crippen LogP contribution is -2.10. The molecule has 0 amide bonds. The van der Waals surface area contributed by atoms with Gasteiger partial charge in [0.2, 0.25) is 0 Å². The Bertz CT molecular complexity index is 426. The molecular weight excluding hydrogens is 307 g/mol. The lowest BCUT2D eigenvalue weighted by Gasteiger charge is -2.13. The zero-order valence-electron chi connectivity index (χ0n) is 9.20. The number of hydrogen-bond acceptors (Lipinski definition) is 0. The normalized spacial score (nSPS) is 35.8. The molecule has 0 radical (unpaired) electrons. The molecule has 0 aliphatic heterocycles. The summed E-state index contributed by atoms with van der Waals surface area (Å²) in [5.41, 5.74) is 1.17. The zero-order valence-corrected chi connectivity index (χ0v) is 11.4. The highest BCUT2D eigenvalue weighted by molar-refractivity contribution is 14.1. The summed E-state index contributed by atoms with van der Waals surface area (Å²) >= 11 is 2.63. The highest BCUT2D eigenvalue weighted by atomic mass is 127. The van der Waals surface area contributed by atoms with Crippen LogP contribution in [0.1, 0.15) is 24.8 Å². The first-order chi connectivity index (χ1) is 7.84. The lowest BCUT2D eigenvalue weighted by atomic mass is 9.98. The van der Waals surface area contributed by atoms with Crippen LogP contribution in [0.2, 0.25) is 0 Å². The molecule has 1 aromatic carbocycles. The molecule has 2 aliphatic rings. The molecule has 0 aromatic heterocycles. The lowest BCUT2D eigenvalue weighted by molar-refractivity contribution is 0.500. The molecule has 0 N–H and O–H groups in total. The van der Waals surface area contributed by atoms with E-state index < -0.39 is 0 Å². The second-order valence-electron chi connectivity index (χ2n) is 4.91. The maximum Gasteiger partial charge on any atom is 0.0273 e. The van der Waals surface area contributed by atoms with Crippen LogP contribution in [0.5, 0.6) is 0 Å². The van der Waals surface area contributed by atoms with Crippen molar-refractivity contribution < 1.29 is 0 Å². The fraction of sp³-hybridized carbons (Fsp3) is 0.467. The molecule has 0 unspecified atom stereocenters. The van der Waals surface area contributed by atoms with Gasteiger partial charge in [-0.1, -0.05) is 52.6 Å². The van der Waals surface area contributed by atoms with Crippen molar-refractivity contribution in [3.8, 4) is 11.8 Å².